The number of nitro groups is 1. The number of hydrogen-bond donors (Lipinski definition) is 0. The number of aromatic nitrogens is 1. The summed E-state index contributed by atoms with van der Waals surface area (Å²) in [5.74, 6) is -0.614. The zero-order valence-electron chi connectivity index (χ0n) is 10.5. The molecule has 0 saturated carbocycles. The number of nitrogens with zero attached hydrogens (tertiary/aromatic N) is 3. The summed E-state index contributed by atoms with van der Waals surface area (Å²) in [7, 11) is 1.76. The Morgan fingerprint density at radius 1 is 1.47 bits per heavy atom. The maximum Gasteiger partial charge on any atom is 0.274 e. The van der Waals surface area contributed by atoms with Crippen molar-refractivity contribution in [2.75, 3.05) is 11.9 Å². The first kappa shape index (κ1) is 13.4. The number of non-ortho nitro benzene ring substituents is 1. The van der Waals surface area contributed by atoms with Crippen molar-refractivity contribution in [1.29, 1.82) is 0 Å². The second kappa shape index (κ2) is 5.31. The van der Waals surface area contributed by atoms with Crippen LogP contribution in [-0.2, 0) is 6.54 Å². The SMILES string of the molecule is Cc1ncsc1CN(C)c1cc(F)cc([N+](=O)[O-])c1. The number of anilines is 1. The molecule has 0 N–H and O–H groups in total. The zero-order valence-corrected chi connectivity index (χ0v) is 11.3. The van der Waals surface area contributed by atoms with Gasteiger partial charge in [-0.15, -0.1) is 11.3 Å². The van der Waals surface area contributed by atoms with E-state index >= 15 is 0 Å². The first-order chi connectivity index (χ1) is 8.97. The standard InChI is InChI=1S/C12H12FN3O2S/c1-8-12(19-7-14-8)6-15(2)10-3-9(13)4-11(5-10)16(17)18/h3-5,7H,6H2,1-2H3. The van der Waals surface area contributed by atoms with Crippen LogP contribution >= 0.6 is 11.3 Å². The molecule has 0 aliphatic heterocycles. The number of aryl methyl sites for hydroxylation is 1. The van der Waals surface area contributed by atoms with Crippen molar-refractivity contribution in [3.63, 3.8) is 0 Å². The van der Waals surface area contributed by atoms with Crippen LogP contribution in [0.1, 0.15) is 10.6 Å². The lowest BCUT2D eigenvalue weighted by Gasteiger charge is -2.18. The summed E-state index contributed by atoms with van der Waals surface area (Å²) >= 11 is 1.51. The second-order valence-electron chi connectivity index (χ2n) is 4.14. The van der Waals surface area contributed by atoms with E-state index in [0.29, 0.717) is 12.2 Å². The van der Waals surface area contributed by atoms with Crippen LogP contribution in [0.25, 0.3) is 0 Å². The Balaban J connectivity index is 2.26. The quantitative estimate of drug-likeness (QED) is 0.638. The molecule has 1 heterocycles. The molecular weight excluding hydrogens is 269 g/mol. The number of rotatable bonds is 4. The summed E-state index contributed by atoms with van der Waals surface area (Å²) in [6.07, 6.45) is 0. The van der Waals surface area contributed by atoms with Gasteiger partial charge in [-0.3, -0.25) is 10.1 Å². The first-order valence-electron chi connectivity index (χ1n) is 5.52. The predicted molar refractivity (Wildman–Crippen MR) is 72.0 cm³/mol. The molecule has 0 spiro atoms. The Morgan fingerprint density at radius 2 is 2.21 bits per heavy atom. The van der Waals surface area contributed by atoms with Gasteiger partial charge in [0.25, 0.3) is 5.69 Å². The minimum Gasteiger partial charge on any atom is -0.369 e. The predicted octanol–water partition coefficient (Wildman–Crippen LogP) is 3.14. The molecule has 0 saturated heterocycles. The molecule has 0 bridgehead atoms. The summed E-state index contributed by atoms with van der Waals surface area (Å²) in [4.78, 5) is 17.1. The molecule has 1 aromatic heterocycles. The number of halogens is 1. The fourth-order valence-corrected chi connectivity index (χ4v) is 2.50. The lowest BCUT2D eigenvalue weighted by Crippen LogP contribution is -2.16. The van der Waals surface area contributed by atoms with Crippen LogP contribution in [-0.4, -0.2) is 17.0 Å². The Bertz CT molecular complexity index is 615. The minimum absolute atomic E-state index is 0.247. The first-order valence-corrected chi connectivity index (χ1v) is 6.40. The van der Waals surface area contributed by atoms with Gasteiger partial charge >= 0.3 is 0 Å². The number of hydrogen-bond acceptors (Lipinski definition) is 5. The highest BCUT2D eigenvalue weighted by molar-refractivity contribution is 7.09. The van der Waals surface area contributed by atoms with Crippen molar-refractivity contribution in [3.05, 3.63) is 50.2 Å². The molecule has 0 aliphatic rings. The average molecular weight is 281 g/mol. The van der Waals surface area contributed by atoms with Crippen molar-refractivity contribution in [2.45, 2.75) is 13.5 Å². The smallest absolute Gasteiger partial charge is 0.274 e. The Morgan fingerprint density at radius 3 is 2.79 bits per heavy atom. The van der Waals surface area contributed by atoms with Gasteiger partial charge in [0.15, 0.2) is 0 Å². The zero-order chi connectivity index (χ0) is 14.0. The molecule has 0 radical (unpaired) electrons. The Labute approximate surface area is 113 Å². The van der Waals surface area contributed by atoms with E-state index in [1.54, 1.807) is 17.5 Å². The maximum atomic E-state index is 13.4. The highest BCUT2D eigenvalue weighted by Crippen LogP contribution is 2.25. The molecule has 0 unspecified atom stereocenters. The van der Waals surface area contributed by atoms with Gasteiger partial charge in [-0.2, -0.15) is 0 Å². The van der Waals surface area contributed by atoms with Crippen molar-refractivity contribution < 1.29 is 9.31 Å². The third kappa shape index (κ3) is 3.05. The second-order valence-corrected chi connectivity index (χ2v) is 5.08. The van der Waals surface area contributed by atoms with E-state index in [9.17, 15) is 14.5 Å². The van der Waals surface area contributed by atoms with Crippen LogP contribution in [0.2, 0.25) is 0 Å². The van der Waals surface area contributed by atoms with Crippen LogP contribution in [0.3, 0.4) is 0 Å². The fourth-order valence-electron chi connectivity index (χ4n) is 1.67. The van der Waals surface area contributed by atoms with E-state index in [1.807, 2.05) is 6.92 Å². The van der Waals surface area contributed by atoms with E-state index < -0.39 is 10.7 Å². The van der Waals surface area contributed by atoms with E-state index in [2.05, 4.69) is 4.98 Å². The van der Waals surface area contributed by atoms with Gasteiger partial charge in [0.1, 0.15) is 5.82 Å². The summed E-state index contributed by atoms with van der Waals surface area (Å²) in [6.45, 7) is 2.44. The van der Waals surface area contributed by atoms with Crippen LogP contribution in [0.5, 0.6) is 0 Å². The van der Waals surface area contributed by atoms with Gasteiger partial charge in [0, 0.05) is 23.7 Å². The molecule has 2 aromatic rings. The molecular formula is C12H12FN3O2S. The van der Waals surface area contributed by atoms with E-state index in [4.69, 9.17) is 0 Å². The Kier molecular flexibility index (Phi) is 3.75. The summed E-state index contributed by atoms with van der Waals surface area (Å²) in [6, 6.07) is 3.55. The maximum absolute atomic E-state index is 13.4. The van der Waals surface area contributed by atoms with Gasteiger partial charge in [-0.05, 0) is 13.0 Å². The molecule has 1 aromatic carbocycles. The van der Waals surface area contributed by atoms with Crippen LogP contribution in [0.15, 0.2) is 23.7 Å². The van der Waals surface area contributed by atoms with Gasteiger partial charge < -0.3 is 4.90 Å². The van der Waals surface area contributed by atoms with Crippen molar-refractivity contribution in [2.24, 2.45) is 0 Å². The van der Waals surface area contributed by atoms with E-state index in [-0.39, 0.29) is 5.69 Å². The molecule has 0 aliphatic carbocycles. The van der Waals surface area contributed by atoms with E-state index in [0.717, 1.165) is 16.6 Å². The number of benzene rings is 1. The third-order valence-corrected chi connectivity index (χ3v) is 3.66. The summed E-state index contributed by atoms with van der Waals surface area (Å²) in [5.41, 5.74) is 2.89. The average Bonchev–Trinajstić information content (AvgIpc) is 2.74. The molecule has 0 fully saturated rings. The van der Waals surface area contributed by atoms with Crippen molar-refractivity contribution >= 4 is 22.7 Å². The minimum atomic E-state index is -0.614. The largest absolute Gasteiger partial charge is 0.369 e. The number of nitro benzene ring substituents is 1. The third-order valence-electron chi connectivity index (χ3n) is 2.74. The van der Waals surface area contributed by atoms with Gasteiger partial charge in [-0.1, -0.05) is 0 Å². The van der Waals surface area contributed by atoms with Crippen LogP contribution < -0.4 is 4.90 Å². The van der Waals surface area contributed by atoms with Crippen LogP contribution in [0.4, 0.5) is 15.8 Å². The molecule has 19 heavy (non-hydrogen) atoms. The van der Waals surface area contributed by atoms with Gasteiger partial charge in [0.2, 0.25) is 0 Å². The lowest BCUT2D eigenvalue weighted by molar-refractivity contribution is -0.385. The molecule has 5 nitrogen and oxygen atoms in total. The van der Waals surface area contributed by atoms with Crippen LogP contribution in [0, 0.1) is 22.9 Å². The molecule has 2 rings (SSSR count). The van der Waals surface area contributed by atoms with E-state index in [1.165, 1.54) is 23.5 Å². The summed E-state index contributed by atoms with van der Waals surface area (Å²) < 4.78 is 13.4. The highest BCUT2D eigenvalue weighted by atomic mass is 32.1. The van der Waals surface area contributed by atoms with Gasteiger partial charge in [-0.25, -0.2) is 9.37 Å². The molecule has 100 valence electrons. The topological polar surface area (TPSA) is 59.3 Å². The summed E-state index contributed by atoms with van der Waals surface area (Å²) in [5, 5.41) is 10.7. The van der Waals surface area contributed by atoms with Gasteiger partial charge in [0.05, 0.1) is 28.7 Å². The molecule has 0 atom stereocenters. The highest BCUT2D eigenvalue weighted by Gasteiger charge is 2.13. The Hall–Kier alpha value is -2.02. The fraction of sp³-hybridized carbons (Fsp3) is 0.250. The number of thiazole rings is 1. The van der Waals surface area contributed by atoms with Crippen molar-refractivity contribution in [3.8, 4) is 0 Å². The lowest BCUT2D eigenvalue weighted by atomic mass is 10.2. The molecule has 0 amide bonds. The van der Waals surface area contributed by atoms with Crippen molar-refractivity contribution in [1.82, 2.24) is 4.98 Å². The normalized spacial score (nSPS) is 10.5. The molecule has 7 heteroatoms. The monoisotopic (exact) mass is 281 g/mol.